The number of nitrogens with one attached hydrogen (secondary N) is 1. The Bertz CT molecular complexity index is 815. The fraction of sp³-hybridized carbons (Fsp3) is 0.458. The molecule has 3 N–H and O–H groups in total. The molecule has 0 radical (unpaired) electrons. The van der Waals surface area contributed by atoms with Crippen molar-refractivity contribution in [1.29, 1.82) is 5.41 Å². The Morgan fingerprint density at radius 1 is 1.03 bits per heavy atom. The van der Waals surface area contributed by atoms with E-state index in [9.17, 15) is 0 Å². The molecule has 0 bridgehead atoms. The molecule has 2 aliphatic rings. The minimum Gasteiger partial charge on any atom is -0.493 e. The number of fused-ring (bicyclic) bond motifs is 1. The second-order valence-corrected chi connectivity index (χ2v) is 8.32. The van der Waals surface area contributed by atoms with Crippen LogP contribution in [0.5, 0.6) is 5.75 Å². The van der Waals surface area contributed by atoms with Crippen molar-refractivity contribution in [3.8, 4) is 5.75 Å². The molecule has 1 fully saturated rings. The largest absolute Gasteiger partial charge is 0.493 e. The van der Waals surface area contributed by atoms with Crippen LogP contribution in [-0.2, 0) is 19.4 Å². The average Bonchev–Trinajstić information content (AvgIpc) is 2.77. The highest BCUT2D eigenvalue weighted by atomic mass is 16.5. The van der Waals surface area contributed by atoms with Crippen molar-refractivity contribution in [3.63, 3.8) is 0 Å². The number of benzene rings is 2. The number of nitrogens with zero attached hydrogens (tertiary/aromatic N) is 2. The van der Waals surface area contributed by atoms with Crippen LogP contribution in [0.4, 0.5) is 0 Å². The maximum absolute atomic E-state index is 7.66. The predicted octanol–water partition coefficient (Wildman–Crippen LogP) is 3.27. The summed E-state index contributed by atoms with van der Waals surface area (Å²) in [5, 5.41) is 7.66. The normalized spacial score (nSPS) is 17.7. The van der Waals surface area contributed by atoms with Gasteiger partial charge in [-0.1, -0.05) is 36.4 Å². The summed E-state index contributed by atoms with van der Waals surface area (Å²) in [4.78, 5) is 4.50. The Morgan fingerprint density at radius 2 is 1.83 bits per heavy atom. The number of hydrogen-bond acceptors (Lipinski definition) is 3. The van der Waals surface area contributed by atoms with E-state index in [1.165, 1.54) is 42.6 Å². The van der Waals surface area contributed by atoms with Gasteiger partial charge in [-0.25, -0.2) is 0 Å². The summed E-state index contributed by atoms with van der Waals surface area (Å²) in [7, 11) is 0. The molecule has 2 aromatic rings. The minimum atomic E-state index is 0.154. The summed E-state index contributed by atoms with van der Waals surface area (Å²) in [5.74, 6) is 1.73. The van der Waals surface area contributed by atoms with Crippen LogP contribution in [0.15, 0.2) is 48.5 Å². The molecule has 0 saturated carbocycles. The minimum absolute atomic E-state index is 0.154. The van der Waals surface area contributed by atoms with E-state index >= 15 is 0 Å². The van der Waals surface area contributed by atoms with E-state index in [2.05, 4.69) is 53.4 Å². The second kappa shape index (κ2) is 9.31. The molecule has 2 aromatic carbocycles. The number of guanidine groups is 1. The molecule has 29 heavy (non-hydrogen) atoms. The molecule has 154 valence electrons. The van der Waals surface area contributed by atoms with Crippen LogP contribution in [0.3, 0.4) is 0 Å². The number of likely N-dealkylation sites (tertiary alicyclic amines) is 1. The highest BCUT2D eigenvalue weighted by Gasteiger charge is 2.21. The average molecular weight is 393 g/mol. The van der Waals surface area contributed by atoms with E-state index in [0.29, 0.717) is 12.5 Å². The van der Waals surface area contributed by atoms with Gasteiger partial charge in [-0.15, -0.1) is 0 Å². The highest BCUT2D eigenvalue weighted by Crippen LogP contribution is 2.25. The predicted molar refractivity (Wildman–Crippen MR) is 117 cm³/mol. The van der Waals surface area contributed by atoms with E-state index in [1.807, 2.05) is 4.90 Å². The van der Waals surface area contributed by atoms with Crippen LogP contribution in [0, 0.1) is 11.3 Å². The van der Waals surface area contributed by atoms with Gasteiger partial charge in [0, 0.05) is 19.6 Å². The summed E-state index contributed by atoms with van der Waals surface area (Å²) < 4.78 is 6.15. The Labute approximate surface area is 174 Å². The summed E-state index contributed by atoms with van der Waals surface area (Å²) in [6.45, 7) is 5.81. The van der Waals surface area contributed by atoms with Crippen molar-refractivity contribution in [2.75, 3.05) is 32.8 Å². The summed E-state index contributed by atoms with van der Waals surface area (Å²) in [6, 6.07) is 17.2. The van der Waals surface area contributed by atoms with Gasteiger partial charge in [0.25, 0.3) is 0 Å². The maximum Gasteiger partial charge on any atom is 0.188 e. The third-order valence-corrected chi connectivity index (χ3v) is 6.28. The second-order valence-electron chi connectivity index (χ2n) is 8.32. The number of nitrogens with two attached hydrogens (primary N) is 1. The van der Waals surface area contributed by atoms with Gasteiger partial charge in [-0.3, -0.25) is 5.41 Å². The van der Waals surface area contributed by atoms with Crippen LogP contribution < -0.4 is 10.5 Å². The zero-order chi connectivity index (χ0) is 20.1. The Balaban J connectivity index is 1.22. The fourth-order valence-electron chi connectivity index (χ4n) is 4.35. The molecule has 0 atom stereocenters. The Kier molecular flexibility index (Phi) is 6.35. The first kappa shape index (κ1) is 19.8. The van der Waals surface area contributed by atoms with Crippen molar-refractivity contribution in [2.45, 2.75) is 32.2 Å². The topological polar surface area (TPSA) is 65.6 Å². The summed E-state index contributed by atoms with van der Waals surface area (Å²) in [6.07, 6.45) is 4.49. The molecular formula is C24H32N4O. The molecule has 5 nitrogen and oxygen atoms in total. The van der Waals surface area contributed by atoms with E-state index in [1.54, 1.807) is 0 Å². The first-order valence-electron chi connectivity index (χ1n) is 10.8. The van der Waals surface area contributed by atoms with Crippen LogP contribution in [0.25, 0.3) is 0 Å². The van der Waals surface area contributed by atoms with Gasteiger partial charge in [0.15, 0.2) is 5.96 Å². The lowest BCUT2D eigenvalue weighted by Crippen LogP contribution is -2.40. The third kappa shape index (κ3) is 5.30. The third-order valence-electron chi connectivity index (χ3n) is 6.28. The monoisotopic (exact) mass is 392 g/mol. The fourth-order valence-corrected chi connectivity index (χ4v) is 4.35. The Hall–Kier alpha value is -2.53. The molecule has 2 aliphatic heterocycles. The van der Waals surface area contributed by atoms with Crippen LogP contribution >= 0.6 is 0 Å². The molecule has 0 aromatic heterocycles. The molecule has 1 saturated heterocycles. The van der Waals surface area contributed by atoms with Crippen molar-refractivity contribution in [3.05, 3.63) is 65.2 Å². The van der Waals surface area contributed by atoms with Crippen molar-refractivity contribution in [2.24, 2.45) is 11.7 Å². The van der Waals surface area contributed by atoms with E-state index in [4.69, 9.17) is 15.9 Å². The number of rotatable bonds is 6. The standard InChI is InChI=1S/C24H32N4O/c25-24(26)28-15-11-21-6-7-23(16-22(21)17-28)29-18-20-9-13-27(14-10-20)12-8-19-4-2-1-3-5-19/h1-7,16,20H,8-15,17-18H2,(H3,25,26). The van der Waals surface area contributed by atoms with Crippen molar-refractivity contribution in [1.82, 2.24) is 9.80 Å². The van der Waals surface area contributed by atoms with Crippen LogP contribution in [0.2, 0.25) is 0 Å². The molecule has 0 aliphatic carbocycles. The molecule has 5 heteroatoms. The number of piperidine rings is 1. The number of hydrogen-bond donors (Lipinski definition) is 2. The molecule has 0 amide bonds. The zero-order valence-electron chi connectivity index (χ0n) is 17.1. The quantitative estimate of drug-likeness (QED) is 0.585. The molecular weight excluding hydrogens is 360 g/mol. The van der Waals surface area contributed by atoms with Crippen molar-refractivity contribution >= 4 is 5.96 Å². The van der Waals surface area contributed by atoms with E-state index < -0.39 is 0 Å². The van der Waals surface area contributed by atoms with Gasteiger partial charge in [0.2, 0.25) is 0 Å². The maximum atomic E-state index is 7.66. The first-order valence-corrected chi connectivity index (χ1v) is 10.8. The van der Waals surface area contributed by atoms with Gasteiger partial charge >= 0.3 is 0 Å². The first-order chi connectivity index (χ1) is 14.2. The summed E-state index contributed by atoms with van der Waals surface area (Å²) in [5.41, 5.74) is 9.67. The van der Waals surface area contributed by atoms with Gasteiger partial charge in [0.1, 0.15) is 5.75 Å². The summed E-state index contributed by atoms with van der Waals surface area (Å²) >= 11 is 0. The van der Waals surface area contributed by atoms with Crippen molar-refractivity contribution < 1.29 is 4.74 Å². The smallest absolute Gasteiger partial charge is 0.188 e. The molecule has 4 rings (SSSR count). The van der Waals surface area contributed by atoms with E-state index in [-0.39, 0.29) is 5.96 Å². The van der Waals surface area contributed by atoms with Gasteiger partial charge in [-0.05, 0) is 73.5 Å². The lowest BCUT2D eigenvalue weighted by molar-refractivity contribution is 0.142. The van der Waals surface area contributed by atoms with E-state index in [0.717, 1.165) is 38.3 Å². The Morgan fingerprint density at radius 3 is 2.59 bits per heavy atom. The van der Waals surface area contributed by atoms with Gasteiger partial charge < -0.3 is 20.3 Å². The zero-order valence-corrected chi connectivity index (χ0v) is 17.1. The van der Waals surface area contributed by atoms with Gasteiger partial charge in [0.05, 0.1) is 6.61 Å². The molecule has 0 spiro atoms. The van der Waals surface area contributed by atoms with Gasteiger partial charge in [-0.2, -0.15) is 0 Å². The number of ether oxygens (including phenoxy) is 1. The lowest BCUT2D eigenvalue weighted by atomic mass is 9.97. The molecule has 0 unspecified atom stereocenters. The molecule has 2 heterocycles. The van der Waals surface area contributed by atoms with Crippen LogP contribution in [0.1, 0.15) is 29.5 Å². The lowest BCUT2D eigenvalue weighted by Gasteiger charge is -2.32. The highest BCUT2D eigenvalue weighted by molar-refractivity contribution is 5.75. The SMILES string of the molecule is N=C(N)N1CCc2ccc(OCC3CCN(CCc4ccccc4)CC3)cc2C1. The van der Waals surface area contributed by atoms with Crippen LogP contribution in [-0.4, -0.2) is 48.5 Å².